The average Bonchev–Trinajstić information content (AvgIpc) is 3.38. The molecule has 1 aliphatic heterocycles. The van der Waals surface area contributed by atoms with Crippen LogP contribution in [0.2, 0.25) is 18.1 Å². The van der Waals surface area contributed by atoms with Crippen molar-refractivity contribution in [2.75, 3.05) is 20.3 Å². The number of Topliss-reactive ketones (excluding diaryl/α,β-unsaturated/α-hetero) is 1. The molecule has 1 fully saturated rings. The van der Waals surface area contributed by atoms with Crippen molar-refractivity contribution < 1.29 is 38.0 Å². The molecule has 8 nitrogen and oxygen atoms in total. The topological polar surface area (TPSA) is 92.7 Å². The monoisotopic (exact) mass is 696 g/mol. The van der Waals surface area contributed by atoms with Crippen molar-refractivity contribution in [3.8, 4) is 17.6 Å². The molecule has 0 bridgehead atoms. The number of ketones is 1. The van der Waals surface area contributed by atoms with Crippen molar-refractivity contribution in [1.82, 2.24) is 0 Å². The summed E-state index contributed by atoms with van der Waals surface area (Å²) >= 11 is 0. The van der Waals surface area contributed by atoms with Gasteiger partial charge in [0.15, 0.2) is 14.1 Å². The zero-order valence-electron chi connectivity index (χ0n) is 31.1. The van der Waals surface area contributed by atoms with E-state index in [4.69, 9.17) is 28.1 Å². The van der Waals surface area contributed by atoms with Gasteiger partial charge in [0.2, 0.25) is 5.78 Å². The van der Waals surface area contributed by atoms with E-state index in [9.17, 15) is 9.90 Å². The Morgan fingerprint density at radius 3 is 2.20 bits per heavy atom. The van der Waals surface area contributed by atoms with E-state index in [2.05, 4.69) is 39.5 Å². The standard InChI is InChI=1S/C40H60O8Si/c1-9-49(10-2,11-3)47-37(31(4)27-44-28-33-20-23-35(43-8)24-21-33)19-15-18-36(42)38(45-29-32-16-13-12-14-17-32)25-22-34(41)26-40(7)30-46-39(5,6)48-40/h12-14,16-17,20-21,23-24,31,34,37-38,41H,9-11,19,22,25-30H2,1-8H3/t31-,34+,37+,38-,40-/m1/s1. The maximum atomic E-state index is 13.6. The second kappa shape index (κ2) is 19.7. The molecule has 0 radical (unpaired) electrons. The summed E-state index contributed by atoms with van der Waals surface area (Å²) in [6.07, 6.45) is -0.0750. The third kappa shape index (κ3) is 13.6. The number of benzene rings is 2. The van der Waals surface area contributed by atoms with Crippen LogP contribution in [0, 0.1) is 17.8 Å². The Balaban J connectivity index is 1.68. The Morgan fingerprint density at radius 1 is 0.959 bits per heavy atom. The molecule has 49 heavy (non-hydrogen) atoms. The molecule has 1 aliphatic rings. The van der Waals surface area contributed by atoms with Crippen molar-refractivity contribution in [3.05, 3.63) is 65.7 Å². The van der Waals surface area contributed by atoms with Gasteiger partial charge in [-0.3, -0.25) is 4.79 Å². The van der Waals surface area contributed by atoms with Crippen LogP contribution in [0.1, 0.15) is 85.3 Å². The van der Waals surface area contributed by atoms with E-state index in [0.29, 0.717) is 45.5 Å². The van der Waals surface area contributed by atoms with Crippen LogP contribution >= 0.6 is 0 Å². The van der Waals surface area contributed by atoms with Crippen molar-refractivity contribution in [2.24, 2.45) is 5.92 Å². The summed E-state index contributed by atoms with van der Waals surface area (Å²) in [6.45, 7) is 16.2. The first-order chi connectivity index (χ1) is 23.3. The fraction of sp³-hybridized carbons (Fsp3) is 0.625. The highest BCUT2D eigenvalue weighted by Gasteiger charge is 2.43. The number of carbonyl (C=O) groups is 1. The normalized spacial score (nSPS) is 19.8. The molecule has 0 aliphatic carbocycles. The molecule has 9 heteroatoms. The van der Waals surface area contributed by atoms with Gasteiger partial charge in [0.25, 0.3) is 0 Å². The zero-order valence-corrected chi connectivity index (χ0v) is 32.1. The van der Waals surface area contributed by atoms with Crippen LogP contribution in [0.3, 0.4) is 0 Å². The molecule has 0 unspecified atom stereocenters. The summed E-state index contributed by atoms with van der Waals surface area (Å²) in [5.74, 6) is 5.98. The number of methoxy groups -OCH3 is 1. The Morgan fingerprint density at radius 2 is 1.61 bits per heavy atom. The summed E-state index contributed by atoms with van der Waals surface area (Å²) in [4.78, 5) is 13.6. The molecule has 3 rings (SSSR count). The summed E-state index contributed by atoms with van der Waals surface area (Å²) in [5.41, 5.74) is 1.45. The SMILES string of the molecule is CC[Si](CC)(CC)O[C@@H](CC#CC(=O)[C@@H](CC[C@H](O)C[C@]1(C)COC(C)(C)O1)OCc1ccccc1)[C@H](C)COCc1ccc(OC)cc1. The Labute approximate surface area is 296 Å². The van der Waals surface area contributed by atoms with E-state index in [-0.39, 0.29) is 24.4 Å². The summed E-state index contributed by atoms with van der Waals surface area (Å²) in [6, 6.07) is 20.7. The van der Waals surface area contributed by atoms with Crippen LogP contribution in [-0.4, -0.2) is 69.2 Å². The second-order valence-electron chi connectivity index (χ2n) is 14.1. The van der Waals surface area contributed by atoms with Gasteiger partial charge in [-0.2, -0.15) is 0 Å². The molecule has 5 atom stereocenters. The fourth-order valence-corrected chi connectivity index (χ4v) is 9.23. The predicted molar refractivity (Wildman–Crippen MR) is 196 cm³/mol. The third-order valence-electron chi connectivity index (χ3n) is 9.53. The maximum absolute atomic E-state index is 13.6. The van der Waals surface area contributed by atoms with Crippen LogP contribution in [0.5, 0.6) is 5.75 Å². The molecule has 0 aromatic heterocycles. The number of hydrogen-bond donors (Lipinski definition) is 1. The average molecular weight is 697 g/mol. The van der Waals surface area contributed by atoms with Crippen molar-refractivity contribution in [3.63, 3.8) is 0 Å². The van der Waals surface area contributed by atoms with E-state index < -0.39 is 31.9 Å². The molecular formula is C40H60O8Si. The zero-order chi connectivity index (χ0) is 35.9. The first kappa shape index (κ1) is 40.9. The largest absolute Gasteiger partial charge is 0.497 e. The fourth-order valence-electron chi connectivity index (χ4n) is 6.28. The number of rotatable bonds is 21. The number of ether oxygens (including phenoxy) is 5. The molecule has 2 aromatic carbocycles. The summed E-state index contributed by atoms with van der Waals surface area (Å²) in [5, 5.41) is 10.9. The highest BCUT2D eigenvalue weighted by Crippen LogP contribution is 2.34. The van der Waals surface area contributed by atoms with Gasteiger partial charge in [0.05, 0.1) is 51.3 Å². The smallest absolute Gasteiger partial charge is 0.234 e. The van der Waals surface area contributed by atoms with Gasteiger partial charge in [-0.15, -0.1) is 0 Å². The maximum Gasteiger partial charge on any atom is 0.234 e. The lowest BCUT2D eigenvalue weighted by atomic mass is 9.95. The number of aliphatic hydroxyl groups is 1. The van der Waals surface area contributed by atoms with Gasteiger partial charge in [0, 0.05) is 18.8 Å². The lowest BCUT2D eigenvalue weighted by Gasteiger charge is -2.35. The van der Waals surface area contributed by atoms with E-state index >= 15 is 0 Å². The third-order valence-corrected chi connectivity index (χ3v) is 14.2. The molecule has 0 spiro atoms. The van der Waals surface area contributed by atoms with Crippen LogP contribution in [0.4, 0.5) is 0 Å². The van der Waals surface area contributed by atoms with Gasteiger partial charge in [-0.05, 0) is 80.9 Å². The minimum Gasteiger partial charge on any atom is -0.497 e. The number of aliphatic hydroxyl groups excluding tert-OH is 1. The summed E-state index contributed by atoms with van der Waals surface area (Å²) < 4.78 is 36.3. The lowest BCUT2D eigenvalue weighted by Crippen LogP contribution is -2.42. The molecule has 1 N–H and O–H groups in total. The van der Waals surface area contributed by atoms with Gasteiger partial charge in [0.1, 0.15) is 11.9 Å². The number of hydrogen-bond acceptors (Lipinski definition) is 8. The number of carbonyl (C=O) groups excluding carboxylic acids is 1. The van der Waals surface area contributed by atoms with Gasteiger partial charge in [-0.25, -0.2) is 0 Å². The first-order valence-corrected chi connectivity index (χ1v) is 20.5. The van der Waals surface area contributed by atoms with E-state index in [1.165, 1.54) is 0 Å². The van der Waals surface area contributed by atoms with Crippen LogP contribution in [0.15, 0.2) is 54.6 Å². The highest BCUT2D eigenvalue weighted by atomic mass is 28.4. The van der Waals surface area contributed by atoms with E-state index in [1.54, 1.807) is 7.11 Å². The Bertz CT molecular complexity index is 1310. The van der Waals surface area contributed by atoms with Gasteiger partial charge < -0.3 is 33.2 Å². The molecule has 0 amide bonds. The van der Waals surface area contributed by atoms with Crippen molar-refractivity contribution in [2.45, 2.75) is 135 Å². The van der Waals surface area contributed by atoms with Gasteiger partial charge in [-0.1, -0.05) is 76.1 Å². The molecular weight excluding hydrogens is 637 g/mol. The summed E-state index contributed by atoms with van der Waals surface area (Å²) in [7, 11) is -0.300. The molecule has 1 heterocycles. The lowest BCUT2D eigenvalue weighted by molar-refractivity contribution is -0.163. The van der Waals surface area contributed by atoms with E-state index in [1.807, 2.05) is 75.4 Å². The molecule has 1 saturated heterocycles. The van der Waals surface area contributed by atoms with E-state index in [0.717, 1.165) is 35.0 Å². The van der Waals surface area contributed by atoms with Crippen molar-refractivity contribution >= 4 is 14.1 Å². The van der Waals surface area contributed by atoms with Gasteiger partial charge >= 0.3 is 0 Å². The molecule has 0 saturated carbocycles. The second-order valence-corrected chi connectivity index (χ2v) is 18.8. The Kier molecular flexibility index (Phi) is 16.5. The molecule has 2 aromatic rings. The minimum absolute atomic E-state index is 0.0765. The van der Waals surface area contributed by atoms with Crippen molar-refractivity contribution in [1.29, 1.82) is 0 Å². The quantitative estimate of drug-likeness (QED) is 0.0802. The van der Waals surface area contributed by atoms with Crippen LogP contribution in [0.25, 0.3) is 0 Å². The molecule has 272 valence electrons. The highest BCUT2D eigenvalue weighted by molar-refractivity contribution is 6.73. The van der Waals surface area contributed by atoms with Crippen LogP contribution in [-0.2, 0) is 41.4 Å². The van der Waals surface area contributed by atoms with Crippen LogP contribution < -0.4 is 4.74 Å². The Hall–Kier alpha value is -2.55. The first-order valence-electron chi connectivity index (χ1n) is 17.9. The predicted octanol–water partition coefficient (Wildman–Crippen LogP) is 7.86. The minimum atomic E-state index is -1.96.